The highest BCUT2D eigenvalue weighted by atomic mass is 32.2. The molecule has 1 amide bonds. The third-order valence-corrected chi connectivity index (χ3v) is 8.57. The lowest BCUT2D eigenvalue weighted by Crippen LogP contribution is -2.48. The summed E-state index contributed by atoms with van der Waals surface area (Å²) in [6, 6.07) is 22.1. The van der Waals surface area contributed by atoms with Crippen LogP contribution in [0.3, 0.4) is 0 Å². The Bertz CT molecular complexity index is 1380. The maximum atomic E-state index is 13.8. The van der Waals surface area contributed by atoms with Crippen LogP contribution >= 0.6 is 11.8 Å². The van der Waals surface area contributed by atoms with Gasteiger partial charge in [-0.15, -0.1) is 0 Å². The lowest BCUT2D eigenvalue weighted by molar-refractivity contribution is -0.384. The monoisotopic (exact) mass is 559 g/mol. The van der Waals surface area contributed by atoms with Gasteiger partial charge in [0, 0.05) is 23.9 Å². The fraction of sp³-hybridized carbons (Fsp3) is 0.323. The number of carbonyl (C=O) groups excluding carboxylic acids is 1. The van der Waals surface area contributed by atoms with Crippen molar-refractivity contribution in [3.8, 4) is 11.5 Å². The van der Waals surface area contributed by atoms with Gasteiger partial charge in [0.05, 0.1) is 16.9 Å². The van der Waals surface area contributed by atoms with E-state index >= 15 is 0 Å². The average molecular weight is 560 g/mol. The van der Waals surface area contributed by atoms with Crippen molar-refractivity contribution < 1.29 is 19.2 Å². The van der Waals surface area contributed by atoms with Gasteiger partial charge >= 0.3 is 0 Å². The number of nitro benzene ring substituents is 1. The molecule has 1 aliphatic heterocycles. The van der Waals surface area contributed by atoms with Gasteiger partial charge in [-0.1, -0.05) is 55.8 Å². The maximum absolute atomic E-state index is 13.8. The predicted octanol–water partition coefficient (Wildman–Crippen LogP) is 7.07. The van der Waals surface area contributed by atoms with Gasteiger partial charge in [-0.25, -0.2) is 0 Å². The summed E-state index contributed by atoms with van der Waals surface area (Å²) in [6.07, 6.45) is 6.42. The molecule has 3 atom stereocenters. The second kappa shape index (κ2) is 12.5. The first-order valence-electron chi connectivity index (χ1n) is 13.5. The molecule has 5 rings (SSSR count). The van der Waals surface area contributed by atoms with Crippen LogP contribution in [0, 0.1) is 16.0 Å². The minimum absolute atomic E-state index is 0.0377. The number of ether oxygens (including phenoxy) is 2. The van der Waals surface area contributed by atoms with E-state index in [1.54, 1.807) is 31.0 Å². The molecule has 208 valence electrons. The lowest BCUT2D eigenvalue weighted by Gasteiger charge is -2.39. The smallest absolute Gasteiger partial charge is 0.269 e. The van der Waals surface area contributed by atoms with Crippen LogP contribution in [0.2, 0.25) is 0 Å². The molecule has 0 radical (unpaired) electrons. The van der Waals surface area contributed by atoms with Gasteiger partial charge in [0.25, 0.3) is 11.6 Å². The molecule has 1 saturated heterocycles. The Morgan fingerprint density at radius 1 is 1.05 bits per heavy atom. The Hall–Kier alpha value is -3.98. The van der Waals surface area contributed by atoms with E-state index in [1.807, 2.05) is 59.5 Å². The van der Waals surface area contributed by atoms with Gasteiger partial charge in [-0.2, -0.15) is 0 Å². The number of nitro groups is 1. The SMILES string of the molecule is COc1cc(/C=C2\SC(Nc3ccccc3)N([C@@H]3CCCC[C@H]3C)C2=O)ccc1OCc1ccc([N+](=O)[O-])cc1. The summed E-state index contributed by atoms with van der Waals surface area (Å²) < 4.78 is 11.5. The number of para-hydroxylation sites is 1. The van der Waals surface area contributed by atoms with Crippen LogP contribution in [0.1, 0.15) is 43.7 Å². The van der Waals surface area contributed by atoms with Gasteiger partial charge < -0.3 is 19.7 Å². The number of hydrogen-bond donors (Lipinski definition) is 1. The van der Waals surface area contributed by atoms with Gasteiger partial charge in [0.2, 0.25) is 0 Å². The first-order chi connectivity index (χ1) is 19.4. The molecule has 2 aliphatic rings. The van der Waals surface area contributed by atoms with E-state index in [-0.39, 0.29) is 29.7 Å². The van der Waals surface area contributed by atoms with Crippen molar-refractivity contribution >= 4 is 35.1 Å². The van der Waals surface area contributed by atoms with E-state index in [1.165, 1.54) is 18.6 Å². The number of thioether (sulfide) groups is 1. The van der Waals surface area contributed by atoms with Crippen molar-refractivity contribution in [1.29, 1.82) is 0 Å². The van der Waals surface area contributed by atoms with Crippen LogP contribution in [0.4, 0.5) is 11.4 Å². The van der Waals surface area contributed by atoms with Gasteiger partial charge in [0.15, 0.2) is 17.0 Å². The number of non-ortho nitro benzene ring substituents is 1. The van der Waals surface area contributed by atoms with E-state index in [0.717, 1.165) is 36.1 Å². The highest BCUT2D eigenvalue weighted by Crippen LogP contribution is 2.42. The second-order valence-electron chi connectivity index (χ2n) is 10.2. The molecule has 1 heterocycles. The normalized spacial score (nSPS) is 21.9. The molecule has 3 aromatic carbocycles. The van der Waals surface area contributed by atoms with E-state index < -0.39 is 4.92 Å². The van der Waals surface area contributed by atoms with Crippen LogP contribution in [0.5, 0.6) is 11.5 Å². The molecule has 40 heavy (non-hydrogen) atoms. The van der Waals surface area contributed by atoms with Crippen LogP contribution < -0.4 is 14.8 Å². The van der Waals surface area contributed by atoms with Crippen LogP contribution in [-0.4, -0.2) is 34.4 Å². The Kier molecular flexibility index (Phi) is 8.60. The van der Waals surface area contributed by atoms with Crippen molar-refractivity contribution in [2.75, 3.05) is 12.4 Å². The van der Waals surface area contributed by atoms with Crippen molar-refractivity contribution in [3.05, 3.63) is 98.9 Å². The molecule has 9 heteroatoms. The summed E-state index contributed by atoms with van der Waals surface area (Å²) >= 11 is 1.55. The molecule has 0 bridgehead atoms. The molecule has 2 fully saturated rings. The van der Waals surface area contributed by atoms with Crippen molar-refractivity contribution in [2.45, 2.75) is 50.8 Å². The first-order valence-corrected chi connectivity index (χ1v) is 14.4. The molecule has 1 saturated carbocycles. The molecule has 1 N–H and O–H groups in total. The number of amides is 1. The van der Waals surface area contributed by atoms with Gasteiger partial charge in [-0.3, -0.25) is 14.9 Å². The summed E-state index contributed by atoms with van der Waals surface area (Å²) in [6.45, 7) is 2.49. The molecule has 3 aromatic rings. The summed E-state index contributed by atoms with van der Waals surface area (Å²) in [4.78, 5) is 27.0. The Balaban J connectivity index is 1.35. The number of nitrogens with zero attached hydrogens (tertiary/aromatic N) is 2. The molecule has 0 aromatic heterocycles. The largest absolute Gasteiger partial charge is 0.493 e. The standard InChI is InChI=1S/C31H33N3O5S/c1-21-8-6-7-11-26(21)33-30(35)29(40-31(33)32-24-9-4-3-5-10-24)19-23-14-17-27(28(18-23)38-2)39-20-22-12-15-25(16-13-22)34(36)37/h3-5,9-10,12-19,21,26,31-32H,6-8,11,20H2,1-2H3/b29-19-/t21-,26-,31?/m1/s1. The number of hydrogen-bond acceptors (Lipinski definition) is 7. The molecule has 8 nitrogen and oxygen atoms in total. The Morgan fingerprint density at radius 3 is 2.50 bits per heavy atom. The van der Waals surface area contributed by atoms with E-state index in [2.05, 4.69) is 12.2 Å². The average Bonchev–Trinajstić information content (AvgIpc) is 3.26. The first kappa shape index (κ1) is 27.6. The van der Waals surface area contributed by atoms with E-state index in [9.17, 15) is 14.9 Å². The fourth-order valence-electron chi connectivity index (χ4n) is 5.29. The topological polar surface area (TPSA) is 93.9 Å². The Labute approximate surface area is 238 Å². The number of methoxy groups -OCH3 is 1. The minimum atomic E-state index is -0.427. The van der Waals surface area contributed by atoms with Gasteiger partial charge in [0.1, 0.15) is 6.61 Å². The third kappa shape index (κ3) is 6.25. The number of anilines is 1. The van der Waals surface area contributed by atoms with Crippen LogP contribution in [-0.2, 0) is 11.4 Å². The van der Waals surface area contributed by atoms with E-state index in [0.29, 0.717) is 22.3 Å². The quantitative estimate of drug-likeness (QED) is 0.170. The van der Waals surface area contributed by atoms with Gasteiger partial charge in [-0.05, 0) is 72.4 Å². The van der Waals surface area contributed by atoms with E-state index in [4.69, 9.17) is 9.47 Å². The number of nitrogens with one attached hydrogen (secondary N) is 1. The minimum Gasteiger partial charge on any atom is -0.493 e. The maximum Gasteiger partial charge on any atom is 0.269 e. The second-order valence-corrected chi connectivity index (χ2v) is 11.3. The van der Waals surface area contributed by atoms with Crippen LogP contribution in [0.25, 0.3) is 6.08 Å². The lowest BCUT2D eigenvalue weighted by atomic mass is 9.85. The summed E-state index contributed by atoms with van der Waals surface area (Å²) in [5.41, 5.74) is 2.49. The van der Waals surface area contributed by atoms with Crippen molar-refractivity contribution in [3.63, 3.8) is 0 Å². The molecule has 1 unspecified atom stereocenters. The highest BCUT2D eigenvalue weighted by molar-refractivity contribution is 8.05. The Morgan fingerprint density at radius 2 is 1.80 bits per heavy atom. The summed E-state index contributed by atoms with van der Waals surface area (Å²) in [7, 11) is 1.58. The molecular formula is C31H33N3O5S. The zero-order valence-corrected chi connectivity index (χ0v) is 23.4. The zero-order valence-electron chi connectivity index (χ0n) is 22.6. The van der Waals surface area contributed by atoms with Crippen LogP contribution in [0.15, 0.2) is 77.7 Å². The molecule has 0 spiro atoms. The highest BCUT2D eigenvalue weighted by Gasteiger charge is 2.42. The third-order valence-electron chi connectivity index (χ3n) is 7.45. The van der Waals surface area contributed by atoms with Crippen molar-refractivity contribution in [1.82, 2.24) is 4.90 Å². The van der Waals surface area contributed by atoms with Crippen molar-refractivity contribution in [2.24, 2.45) is 5.92 Å². The molecule has 1 aliphatic carbocycles. The summed E-state index contributed by atoms with van der Waals surface area (Å²) in [5, 5.41) is 14.5. The number of benzene rings is 3. The molecular weight excluding hydrogens is 526 g/mol. The number of rotatable bonds is 9. The summed E-state index contributed by atoms with van der Waals surface area (Å²) in [5.74, 6) is 1.60. The zero-order chi connectivity index (χ0) is 28.1. The fourth-order valence-corrected chi connectivity index (χ4v) is 6.50. The number of carbonyl (C=O) groups is 1. The predicted molar refractivity (Wildman–Crippen MR) is 158 cm³/mol.